The third kappa shape index (κ3) is 4.67. The van der Waals surface area contributed by atoms with Gasteiger partial charge in [0.2, 0.25) is 17.7 Å². The summed E-state index contributed by atoms with van der Waals surface area (Å²) in [6.45, 7) is 0.410. The molecule has 1 atom stereocenters. The maximum Gasteiger partial charge on any atom is 0.249 e. The van der Waals surface area contributed by atoms with Crippen LogP contribution >= 0.6 is 11.3 Å². The van der Waals surface area contributed by atoms with Crippen LogP contribution in [0.25, 0.3) is 10.2 Å². The molecule has 0 radical (unpaired) electrons. The van der Waals surface area contributed by atoms with E-state index in [0.29, 0.717) is 24.7 Å². The third-order valence-electron chi connectivity index (χ3n) is 4.39. The lowest BCUT2D eigenvalue weighted by molar-refractivity contribution is -0.121. The Bertz CT molecular complexity index is 1060. The topological polar surface area (TPSA) is 90.1 Å². The van der Waals surface area contributed by atoms with Crippen LogP contribution in [0.15, 0.2) is 59.0 Å². The van der Waals surface area contributed by atoms with Gasteiger partial charge in [-0.05, 0) is 17.7 Å². The molecule has 148 valence electrons. The highest BCUT2D eigenvalue weighted by atomic mass is 32.1. The number of rotatable bonds is 8. The molecule has 0 saturated heterocycles. The number of hydrogen-bond acceptors (Lipinski definition) is 7. The Kier molecular flexibility index (Phi) is 5.92. The Morgan fingerprint density at radius 2 is 1.93 bits per heavy atom. The van der Waals surface area contributed by atoms with E-state index in [1.807, 2.05) is 54.6 Å². The van der Waals surface area contributed by atoms with Crippen molar-refractivity contribution < 1.29 is 13.9 Å². The minimum atomic E-state index is -0.426. The summed E-state index contributed by atoms with van der Waals surface area (Å²) in [6, 6.07) is 17.6. The summed E-state index contributed by atoms with van der Waals surface area (Å²) < 4.78 is 12.3. The second kappa shape index (κ2) is 8.93. The number of ether oxygens (including phenoxy) is 1. The van der Waals surface area contributed by atoms with E-state index in [2.05, 4.69) is 20.5 Å². The Balaban J connectivity index is 1.30. The Morgan fingerprint density at radius 3 is 2.72 bits per heavy atom. The number of aryl methyl sites for hydroxylation is 1. The molecule has 29 heavy (non-hydrogen) atoms. The predicted molar refractivity (Wildman–Crippen MR) is 109 cm³/mol. The number of aromatic nitrogens is 3. The van der Waals surface area contributed by atoms with Crippen LogP contribution in [0.3, 0.4) is 0 Å². The number of benzene rings is 2. The third-order valence-corrected chi connectivity index (χ3v) is 5.42. The normalized spacial score (nSPS) is 12.2. The van der Waals surface area contributed by atoms with Gasteiger partial charge in [0, 0.05) is 20.0 Å². The van der Waals surface area contributed by atoms with Crippen molar-refractivity contribution in [1.29, 1.82) is 0 Å². The molecule has 4 rings (SSSR count). The fourth-order valence-electron chi connectivity index (χ4n) is 2.96. The molecular weight excluding hydrogens is 388 g/mol. The summed E-state index contributed by atoms with van der Waals surface area (Å²) in [7, 11) is 1.59. The summed E-state index contributed by atoms with van der Waals surface area (Å²) in [5, 5.41) is 11.9. The fourth-order valence-corrected chi connectivity index (χ4v) is 3.87. The van der Waals surface area contributed by atoms with Gasteiger partial charge in [-0.15, -0.1) is 21.5 Å². The standard InChI is InChI=1S/C21H20N4O3S/c1-27-20(14-7-3-2-4-8-14)21-25-24-18(28-21)12-11-17(26)22-13-19-23-15-9-5-6-10-16(15)29-19/h2-10,20H,11-13H2,1H3,(H,22,26). The maximum absolute atomic E-state index is 12.2. The van der Waals surface area contributed by atoms with Crippen LogP contribution in [0, 0.1) is 0 Å². The SMILES string of the molecule is COC(c1ccccc1)c1nnc(CCC(=O)NCc2nc3ccccc3s2)o1. The summed E-state index contributed by atoms with van der Waals surface area (Å²) in [5.74, 6) is 0.701. The zero-order valence-corrected chi connectivity index (χ0v) is 16.7. The number of amides is 1. The number of hydrogen-bond donors (Lipinski definition) is 1. The lowest BCUT2D eigenvalue weighted by Gasteiger charge is -2.10. The molecule has 4 aromatic rings. The molecule has 0 bridgehead atoms. The number of thiazole rings is 1. The number of fused-ring (bicyclic) bond motifs is 1. The molecular formula is C21H20N4O3S. The van der Waals surface area contributed by atoms with Crippen LogP contribution in [0.5, 0.6) is 0 Å². The van der Waals surface area contributed by atoms with Crippen LogP contribution in [0.4, 0.5) is 0 Å². The molecule has 0 aliphatic rings. The summed E-state index contributed by atoms with van der Waals surface area (Å²) >= 11 is 1.58. The average Bonchev–Trinajstić information content (AvgIpc) is 3.39. The van der Waals surface area contributed by atoms with E-state index in [0.717, 1.165) is 20.8 Å². The Hall–Kier alpha value is -3.10. The summed E-state index contributed by atoms with van der Waals surface area (Å²) in [4.78, 5) is 16.7. The summed E-state index contributed by atoms with van der Waals surface area (Å²) in [5.41, 5.74) is 1.88. The molecule has 0 saturated carbocycles. The van der Waals surface area contributed by atoms with Crippen molar-refractivity contribution >= 4 is 27.5 Å². The second-order valence-electron chi connectivity index (χ2n) is 6.41. The van der Waals surface area contributed by atoms with E-state index >= 15 is 0 Å². The molecule has 1 N–H and O–H groups in total. The first-order valence-corrected chi connectivity index (χ1v) is 10.1. The first-order valence-electron chi connectivity index (χ1n) is 9.24. The quantitative estimate of drug-likeness (QED) is 0.478. The Morgan fingerprint density at radius 1 is 1.14 bits per heavy atom. The van der Waals surface area contributed by atoms with E-state index in [4.69, 9.17) is 9.15 Å². The smallest absolute Gasteiger partial charge is 0.249 e. The highest BCUT2D eigenvalue weighted by Crippen LogP contribution is 2.24. The minimum absolute atomic E-state index is 0.0876. The van der Waals surface area contributed by atoms with Gasteiger partial charge in [-0.1, -0.05) is 42.5 Å². The van der Waals surface area contributed by atoms with Crippen LogP contribution in [0.2, 0.25) is 0 Å². The van der Waals surface area contributed by atoms with Crippen molar-refractivity contribution in [3.05, 3.63) is 76.9 Å². The van der Waals surface area contributed by atoms with Crippen molar-refractivity contribution in [2.75, 3.05) is 7.11 Å². The zero-order chi connectivity index (χ0) is 20.1. The number of carbonyl (C=O) groups excluding carboxylic acids is 1. The predicted octanol–water partition coefficient (Wildman–Crippen LogP) is 3.66. The molecule has 0 fully saturated rings. The number of nitrogens with zero attached hydrogens (tertiary/aromatic N) is 3. The van der Waals surface area contributed by atoms with Crippen molar-refractivity contribution in [1.82, 2.24) is 20.5 Å². The lowest BCUT2D eigenvalue weighted by atomic mass is 10.1. The number of methoxy groups -OCH3 is 1. The molecule has 0 spiro atoms. The molecule has 8 heteroatoms. The van der Waals surface area contributed by atoms with Gasteiger partial charge >= 0.3 is 0 Å². The molecule has 7 nitrogen and oxygen atoms in total. The lowest BCUT2D eigenvalue weighted by Crippen LogP contribution is -2.22. The van der Waals surface area contributed by atoms with Gasteiger partial charge in [0.25, 0.3) is 0 Å². The molecule has 2 aromatic carbocycles. The molecule has 0 aliphatic heterocycles. The van der Waals surface area contributed by atoms with Gasteiger partial charge in [0.15, 0.2) is 6.10 Å². The van der Waals surface area contributed by atoms with E-state index < -0.39 is 6.10 Å². The Labute approximate surface area is 171 Å². The highest BCUT2D eigenvalue weighted by molar-refractivity contribution is 7.18. The van der Waals surface area contributed by atoms with Gasteiger partial charge in [0.1, 0.15) is 5.01 Å². The molecule has 1 unspecified atom stereocenters. The van der Waals surface area contributed by atoms with Crippen LogP contribution in [-0.4, -0.2) is 28.2 Å². The fraction of sp³-hybridized carbons (Fsp3) is 0.238. The largest absolute Gasteiger partial charge is 0.422 e. The van der Waals surface area contributed by atoms with Gasteiger partial charge in [-0.25, -0.2) is 4.98 Å². The van der Waals surface area contributed by atoms with Crippen LogP contribution in [0.1, 0.15) is 34.9 Å². The molecule has 2 heterocycles. The van der Waals surface area contributed by atoms with Crippen molar-refractivity contribution in [3.63, 3.8) is 0 Å². The first-order chi connectivity index (χ1) is 14.2. The number of carbonyl (C=O) groups is 1. The highest BCUT2D eigenvalue weighted by Gasteiger charge is 2.20. The first kappa shape index (κ1) is 19.2. The second-order valence-corrected chi connectivity index (χ2v) is 7.53. The van der Waals surface area contributed by atoms with Crippen molar-refractivity contribution in [3.8, 4) is 0 Å². The van der Waals surface area contributed by atoms with Gasteiger partial charge in [0.05, 0.1) is 16.8 Å². The van der Waals surface area contributed by atoms with Crippen LogP contribution in [-0.2, 0) is 22.5 Å². The minimum Gasteiger partial charge on any atom is -0.422 e. The van der Waals surface area contributed by atoms with E-state index in [1.54, 1.807) is 18.4 Å². The zero-order valence-electron chi connectivity index (χ0n) is 15.9. The molecule has 2 aromatic heterocycles. The van der Waals surface area contributed by atoms with Gasteiger partial charge < -0.3 is 14.5 Å². The average molecular weight is 408 g/mol. The van der Waals surface area contributed by atoms with Crippen molar-refractivity contribution in [2.24, 2.45) is 0 Å². The summed E-state index contributed by atoms with van der Waals surface area (Å²) in [6.07, 6.45) is 0.199. The maximum atomic E-state index is 12.2. The number of nitrogens with one attached hydrogen (secondary N) is 1. The van der Waals surface area contributed by atoms with Gasteiger partial charge in [-0.3, -0.25) is 4.79 Å². The van der Waals surface area contributed by atoms with Crippen molar-refractivity contribution in [2.45, 2.75) is 25.5 Å². The monoisotopic (exact) mass is 408 g/mol. The van der Waals surface area contributed by atoms with Gasteiger partial charge in [-0.2, -0.15) is 0 Å². The van der Waals surface area contributed by atoms with Crippen LogP contribution < -0.4 is 5.32 Å². The number of para-hydroxylation sites is 1. The molecule has 1 amide bonds. The molecule has 0 aliphatic carbocycles. The van der Waals surface area contributed by atoms with E-state index in [9.17, 15) is 4.79 Å². The van der Waals surface area contributed by atoms with E-state index in [-0.39, 0.29) is 12.3 Å². The van der Waals surface area contributed by atoms with E-state index in [1.165, 1.54) is 0 Å².